The van der Waals surface area contributed by atoms with Gasteiger partial charge in [0.1, 0.15) is 17.8 Å². The van der Waals surface area contributed by atoms with Crippen molar-refractivity contribution in [3.63, 3.8) is 0 Å². The molecule has 1 fully saturated rings. The average molecular weight is 329 g/mol. The molecular formula is C18H27N5O. The minimum atomic E-state index is 0.255. The number of hydrogen-bond donors (Lipinski definition) is 0. The van der Waals surface area contributed by atoms with Gasteiger partial charge in [0.25, 0.3) is 0 Å². The van der Waals surface area contributed by atoms with Gasteiger partial charge in [-0.1, -0.05) is 13.0 Å². The Balaban J connectivity index is 1.52. The lowest BCUT2D eigenvalue weighted by atomic mass is 10.1. The molecule has 0 amide bonds. The third-order valence-electron chi connectivity index (χ3n) is 4.51. The topological polar surface area (TPSA) is 56.1 Å². The number of pyridine rings is 1. The molecule has 1 saturated heterocycles. The summed E-state index contributed by atoms with van der Waals surface area (Å²) < 4.78 is 8.27. The van der Waals surface area contributed by atoms with Gasteiger partial charge in [-0.05, 0) is 39.2 Å². The standard InChI is InChI=1S/C18H27N5O/c1-4-10-23-15(3)20-21-17(23)13-22-11-8-16(9-12-22)24-18-7-5-6-14(2)19-18/h5-7,16H,4,8-13H2,1-3H3. The first-order valence-electron chi connectivity index (χ1n) is 8.87. The molecule has 3 rings (SSSR count). The van der Waals surface area contributed by atoms with E-state index in [4.69, 9.17) is 4.74 Å². The Morgan fingerprint density at radius 1 is 1.17 bits per heavy atom. The minimum Gasteiger partial charge on any atom is -0.474 e. The molecule has 0 saturated carbocycles. The highest BCUT2D eigenvalue weighted by Crippen LogP contribution is 2.19. The van der Waals surface area contributed by atoms with Crippen LogP contribution in [-0.4, -0.2) is 43.8 Å². The van der Waals surface area contributed by atoms with Gasteiger partial charge >= 0.3 is 0 Å². The maximum Gasteiger partial charge on any atom is 0.213 e. The Bertz CT molecular complexity index is 661. The van der Waals surface area contributed by atoms with Crippen molar-refractivity contribution in [1.82, 2.24) is 24.6 Å². The first-order chi connectivity index (χ1) is 11.7. The zero-order chi connectivity index (χ0) is 16.9. The van der Waals surface area contributed by atoms with Gasteiger partial charge in [0, 0.05) is 31.4 Å². The van der Waals surface area contributed by atoms with Gasteiger partial charge in [0.05, 0.1) is 6.54 Å². The van der Waals surface area contributed by atoms with Crippen LogP contribution < -0.4 is 4.74 Å². The lowest BCUT2D eigenvalue weighted by Gasteiger charge is -2.31. The van der Waals surface area contributed by atoms with Crippen LogP contribution in [0.2, 0.25) is 0 Å². The van der Waals surface area contributed by atoms with Gasteiger partial charge in [-0.2, -0.15) is 0 Å². The van der Waals surface area contributed by atoms with Crippen molar-refractivity contribution in [1.29, 1.82) is 0 Å². The molecule has 24 heavy (non-hydrogen) atoms. The van der Waals surface area contributed by atoms with Gasteiger partial charge < -0.3 is 9.30 Å². The van der Waals surface area contributed by atoms with Crippen molar-refractivity contribution in [2.45, 2.75) is 59.2 Å². The fourth-order valence-electron chi connectivity index (χ4n) is 3.20. The van der Waals surface area contributed by atoms with Crippen LogP contribution >= 0.6 is 0 Å². The molecule has 6 heteroatoms. The van der Waals surface area contributed by atoms with E-state index in [0.29, 0.717) is 0 Å². The summed E-state index contributed by atoms with van der Waals surface area (Å²) in [5.74, 6) is 2.83. The zero-order valence-corrected chi connectivity index (χ0v) is 14.9. The van der Waals surface area contributed by atoms with E-state index < -0.39 is 0 Å². The molecule has 1 aliphatic rings. The third-order valence-corrected chi connectivity index (χ3v) is 4.51. The predicted molar refractivity (Wildman–Crippen MR) is 93.0 cm³/mol. The molecule has 1 aliphatic heterocycles. The van der Waals surface area contributed by atoms with Gasteiger partial charge in [0.2, 0.25) is 5.88 Å². The summed E-state index contributed by atoms with van der Waals surface area (Å²) in [6.45, 7) is 10.1. The smallest absolute Gasteiger partial charge is 0.213 e. The highest BCUT2D eigenvalue weighted by molar-refractivity contribution is 5.15. The molecule has 0 radical (unpaired) electrons. The summed E-state index contributed by atoms with van der Waals surface area (Å²) in [7, 11) is 0. The lowest BCUT2D eigenvalue weighted by Crippen LogP contribution is -2.38. The van der Waals surface area contributed by atoms with E-state index in [1.165, 1.54) is 0 Å². The van der Waals surface area contributed by atoms with Gasteiger partial charge in [-0.25, -0.2) is 4.98 Å². The van der Waals surface area contributed by atoms with Crippen molar-refractivity contribution in [2.24, 2.45) is 0 Å². The zero-order valence-electron chi connectivity index (χ0n) is 14.9. The molecule has 0 atom stereocenters. The maximum absolute atomic E-state index is 6.03. The fourth-order valence-corrected chi connectivity index (χ4v) is 3.20. The van der Waals surface area contributed by atoms with Gasteiger partial charge in [-0.15, -0.1) is 10.2 Å². The van der Waals surface area contributed by atoms with Crippen molar-refractivity contribution >= 4 is 0 Å². The number of likely N-dealkylation sites (tertiary alicyclic amines) is 1. The largest absolute Gasteiger partial charge is 0.474 e. The highest BCUT2D eigenvalue weighted by Gasteiger charge is 2.22. The molecule has 0 aromatic carbocycles. The van der Waals surface area contributed by atoms with Crippen LogP contribution in [0.1, 0.15) is 43.5 Å². The molecule has 2 aromatic heterocycles. The van der Waals surface area contributed by atoms with Crippen LogP contribution in [0.15, 0.2) is 18.2 Å². The van der Waals surface area contributed by atoms with Crippen molar-refractivity contribution < 1.29 is 4.74 Å². The van der Waals surface area contributed by atoms with Crippen LogP contribution in [0.4, 0.5) is 0 Å². The van der Waals surface area contributed by atoms with Crippen LogP contribution in [0.25, 0.3) is 0 Å². The molecule has 0 unspecified atom stereocenters. The Labute approximate surface area is 143 Å². The van der Waals surface area contributed by atoms with Crippen LogP contribution in [0, 0.1) is 13.8 Å². The molecular weight excluding hydrogens is 302 g/mol. The van der Waals surface area contributed by atoms with E-state index in [-0.39, 0.29) is 6.10 Å². The minimum absolute atomic E-state index is 0.255. The molecule has 0 spiro atoms. The molecule has 2 aromatic rings. The maximum atomic E-state index is 6.03. The number of aromatic nitrogens is 4. The number of rotatable bonds is 6. The quantitative estimate of drug-likeness (QED) is 0.815. The van der Waals surface area contributed by atoms with Crippen molar-refractivity contribution in [3.05, 3.63) is 35.5 Å². The fraction of sp³-hybridized carbons (Fsp3) is 0.611. The second-order valence-electron chi connectivity index (χ2n) is 6.53. The molecule has 6 nitrogen and oxygen atoms in total. The molecule has 3 heterocycles. The number of piperidine rings is 1. The van der Waals surface area contributed by atoms with Crippen LogP contribution in [0.3, 0.4) is 0 Å². The summed E-state index contributed by atoms with van der Waals surface area (Å²) in [5.41, 5.74) is 0.996. The van der Waals surface area contributed by atoms with E-state index in [9.17, 15) is 0 Å². The first kappa shape index (κ1) is 16.9. The monoisotopic (exact) mass is 329 g/mol. The number of nitrogens with zero attached hydrogens (tertiary/aromatic N) is 5. The Morgan fingerprint density at radius 3 is 2.67 bits per heavy atom. The summed E-state index contributed by atoms with van der Waals surface area (Å²) in [4.78, 5) is 6.88. The van der Waals surface area contributed by atoms with Crippen LogP contribution in [0.5, 0.6) is 5.88 Å². The van der Waals surface area contributed by atoms with Crippen molar-refractivity contribution in [3.8, 4) is 5.88 Å². The Hall–Kier alpha value is -1.95. The number of hydrogen-bond acceptors (Lipinski definition) is 5. The van der Waals surface area contributed by atoms with Gasteiger partial charge in [-0.3, -0.25) is 4.90 Å². The number of aryl methyl sites for hydroxylation is 2. The summed E-state index contributed by atoms with van der Waals surface area (Å²) in [6, 6.07) is 5.93. The summed E-state index contributed by atoms with van der Waals surface area (Å²) in [6.07, 6.45) is 3.41. The first-order valence-corrected chi connectivity index (χ1v) is 8.87. The SMILES string of the molecule is CCCn1c(C)nnc1CN1CCC(Oc2cccc(C)n2)CC1. The third kappa shape index (κ3) is 4.12. The highest BCUT2D eigenvalue weighted by atomic mass is 16.5. The summed E-state index contributed by atoms with van der Waals surface area (Å²) in [5, 5.41) is 8.59. The molecule has 130 valence electrons. The normalized spacial score (nSPS) is 16.5. The molecule has 0 bridgehead atoms. The van der Waals surface area contributed by atoms with Crippen LogP contribution in [-0.2, 0) is 13.1 Å². The Morgan fingerprint density at radius 2 is 1.96 bits per heavy atom. The molecule has 0 aliphatic carbocycles. The van der Waals surface area contributed by atoms with Gasteiger partial charge in [0.15, 0.2) is 0 Å². The predicted octanol–water partition coefficient (Wildman–Crippen LogP) is 2.74. The number of ether oxygens (including phenoxy) is 1. The second-order valence-corrected chi connectivity index (χ2v) is 6.53. The molecule has 0 N–H and O–H groups in total. The average Bonchev–Trinajstić information content (AvgIpc) is 2.90. The second kappa shape index (κ2) is 7.75. The lowest BCUT2D eigenvalue weighted by molar-refractivity contribution is 0.0910. The Kier molecular flexibility index (Phi) is 5.45. The van der Waals surface area contributed by atoms with E-state index in [0.717, 1.165) is 68.7 Å². The summed E-state index contributed by atoms with van der Waals surface area (Å²) >= 11 is 0. The van der Waals surface area contributed by atoms with Crippen molar-refractivity contribution in [2.75, 3.05) is 13.1 Å². The van der Waals surface area contributed by atoms with E-state index in [2.05, 4.69) is 31.6 Å². The van der Waals surface area contributed by atoms with E-state index in [1.807, 2.05) is 32.0 Å². The van der Waals surface area contributed by atoms with E-state index >= 15 is 0 Å². The van der Waals surface area contributed by atoms with E-state index in [1.54, 1.807) is 0 Å².